The van der Waals surface area contributed by atoms with Gasteiger partial charge in [0.2, 0.25) is 0 Å². The lowest BCUT2D eigenvalue weighted by Gasteiger charge is -2.10. The van der Waals surface area contributed by atoms with Crippen molar-refractivity contribution in [2.45, 2.75) is 0 Å². The minimum atomic E-state index is 0.580. The lowest BCUT2D eigenvalue weighted by atomic mass is 9.96. The number of hydrogen-bond donors (Lipinski definition) is 0. The van der Waals surface area contributed by atoms with Gasteiger partial charge in [-0.3, -0.25) is 0 Å². The first-order valence-corrected chi connectivity index (χ1v) is 19.0. The molecule has 0 radical (unpaired) electrons. The Balaban J connectivity index is 1.06. The summed E-state index contributed by atoms with van der Waals surface area (Å²) in [5.41, 5.74) is 11.4. The quantitative estimate of drug-likeness (QED) is 0.176. The van der Waals surface area contributed by atoms with Gasteiger partial charge in [-0.25, -0.2) is 15.0 Å². The molecule has 6 nitrogen and oxygen atoms in total. The van der Waals surface area contributed by atoms with Gasteiger partial charge in [-0.15, -0.1) is 0 Å². The van der Waals surface area contributed by atoms with Crippen LogP contribution in [-0.2, 0) is 0 Å². The molecule has 12 rings (SSSR count). The van der Waals surface area contributed by atoms with Crippen LogP contribution in [0.4, 0.5) is 0 Å². The number of furan rings is 2. The molecule has 4 heterocycles. The number of fused-ring (bicyclic) bond motifs is 9. The van der Waals surface area contributed by atoms with E-state index in [-0.39, 0.29) is 0 Å². The smallest absolute Gasteiger partial charge is 0.164 e. The second-order valence-electron chi connectivity index (χ2n) is 14.3. The second-order valence-corrected chi connectivity index (χ2v) is 14.3. The molecule has 0 fully saturated rings. The Bertz CT molecular complexity index is 3410. The molecule has 0 N–H and O–H groups in total. The molecule has 8 aromatic carbocycles. The molecule has 0 unspecified atom stereocenters. The minimum Gasteiger partial charge on any atom is -0.456 e. The summed E-state index contributed by atoms with van der Waals surface area (Å²) in [4.78, 5) is 15.1. The maximum Gasteiger partial charge on any atom is 0.164 e. The molecule has 0 spiro atoms. The molecule has 57 heavy (non-hydrogen) atoms. The van der Waals surface area contributed by atoms with Crippen molar-refractivity contribution < 1.29 is 8.83 Å². The molecule has 0 bridgehead atoms. The third-order valence-corrected chi connectivity index (χ3v) is 11.1. The topological polar surface area (TPSA) is 69.9 Å². The van der Waals surface area contributed by atoms with Crippen LogP contribution in [0.2, 0.25) is 0 Å². The van der Waals surface area contributed by atoms with Crippen molar-refractivity contribution in [1.29, 1.82) is 0 Å². The summed E-state index contributed by atoms with van der Waals surface area (Å²) < 4.78 is 15.6. The Morgan fingerprint density at radius 2 is 0.842 bits per heavy atom. The van der Waals surface area contributed by atoms with Crippen molar-refractivity contribution in [1.82, 2.24) is 19.5 Å². The Kier molecular flexibility index (Phi) is 6.83. The zero-order chi connectivity index (χ0) is 37.5. The van der Waals surface area contributed by atoms with Crippen LogP contribution in [0.25, 0.3) is 117 Å². The fourth-order valence-corrected chi connectivity index (χ4v) is 8.57. The Morgan fingerprint density at radius 1 is 0.333 bits per heavy atom. The SMILES string of the molecule is c1ccc(-c2nc(-c3ccccc3)nc(-c3cccc4oc5cccc(-c6ccc7c(c6)oc6cccc(-n8c9ccccc9c9ccccc98)c67)c5c34)n2)cc1. The van der Waals surface area contributed by atoms with E-state index < -0.39 is 0 Å². The van der Waals surface area contributed by atoms with Crippen molar-refractivity contribution in [2.24, 2.45) is 0 Å². The predicted molar refractivity (Wildman–Crippen MR) is 230 cm³/mol. The Labute approximate surface area is 325 Å². The Morgan fingerprint density at radius 3 is 1.49 bits per heavy atom. The van der Waals surface area contributed by atoms with E-state index in [0.29, 0.717) is 17.5 Å². The van der Waals surface area contributed by atoms with E-state index in [4.69, 9.17) is 23.8 Å². The highest BCUT2D eigenvalue weighted by molar-refractivity contribution is 6.19. The highest BCUT2D eigenvalue weighted by Crippen LogP contribution is 2.44. The van der Waals surface area contributed by atoms with E-state index in [0.717, 1.165) is 88.4 Å². The summed E-state index contributed by atoms with van der Waals surface area (Å²) in [7, 11) is 0. The predicted octanol–water partition coefficient (Wildman–Crippen LogP) is 13.4. The second kappa shape index (κ2) is 12.3. The van der Waals surface area contributed by atoms with Crippen molar-refractivity contribution in [3.8, 4) is 51.0 Å². The highest BCUT2D eigenvalue weighted by Gasteiger charge is 2.22. The summed E-state index contributed by atoms with van der Waals surface area (Å²) in [5.74, 6) is 1.80. The molecule has 0 saturated heterocycles. The zero-order valence-electron chi connectivity index (χ0n) is 30.4. The third-order valence-electron chi connectivity index (χ3n) is 11.1. The maximum atomic E-state index is 6.70. The van der Waals surface area contributed by atoms with Crippen LogP contribution in [-0.4, -0.2) is 19.5 Å². The molecule has 0 saturated carbocycles. The van der Waals surface area contributed by atoms with Gasteiger partial charge in [0.05, 0.1) is 22.1 Å². The van der Waals surface area contributed by atoms with Crippen molar-refractivity contribution in [2.75, 3.05) is 0 Å². The van der Waals surface area contributed by atoms with E-state index in [9.17, 15) is 0 Å². The van der Waals surface area contributed by atoms with E-state index in [1.807, 2.05) is 84.9 Å². The summed E-state index contributed by atoms with van der Waals surface area (Å²) in [6.45, 7) is 0. The van der Waals surface area contributed by atoms with Crippen LogP contribution < -0.4 is 0 Å². The molecular formula is C51H30N4O2. The highest BCUT2D eigenvalue weighted by atomic mass is 16.3. The average molecular weight is 731 g/mol. The largest absolute Gasteiger partial charge is 0.456 e. The molecule has 6 heteroatoms. The van der Waals surface area contributed by atoms with E-state index >= 15 is 0 Å². The van der Waals surface area contributed by atoms with Crippen LogP contribution in [0.5, 0.6) is 0 Å². The van der Waals surface area contributed by atoms with Gasteiger partial charge in [0.15, 0.2) is 17.5 Å². The van der Waals surface area contributed by atoms with Crippen LogP contribution in [0, 0.1) is 0 Å². The maximum absolute atomic E-state index is 6.70. The number of rotatable bonds is 5. The summed E-state index contributed by atoms with van der Waals surface area (Å²) in [6.07, 6.45) is 0. The molecule has 4 aromatic heterocycles. The van der Waals surface area contributed by atoms with Gasteiger partial charge >= 0.3 is 0 Å². The summed E-state index contributed by atoms with van der Waals surface area (Å²) in [6, 6.07) is 62.5. The van der Waals surface area contributed by atoms with E-state index in [2.05, 4.69) is 102 Å². The van der Waals surface area contributed by atoms with Crippen LogP contribution >= 0.6 is 0 Å². The van der Waals surface area contributed by atoms with Gasteiger partial charge in [-0.1, -0.05) is 133 Å². The summed E-state index contributed by atoms with van der Waals surface area (Å²) >= 11 is 0. The molecule has 266 valence electrons. The van der Waals surface area contributed by atoms with Gasteiger partial charge in [0.1, 0.15) is 22.3 Å². The molecule has 0 aliphatic rings. The van der Waals surface area contributed by atoms with Crippen LogP contribution in [0.1, 0.15) is 0 Å². The normalized spacial score (nSPS) is 11.9. The zero-order valence-corrected chi connectivity index (χ0v) is 30.4. The molecule has 12 aromatic rings. The number of nitrogens with zero attached hydrogens (tertiary/aromatic N) is 4. The fraction of sp³-hybridized carbons (Fsp3) is 0. The van der Waals surface area contributed by atoms with Crippen LogP contribution in [0.15, 0.2) is 191 Å². The van der Waals surface area contributed by atoms with Gasteiger partial charge in [0, 0.05) is 43.6 Å². The van der Waals surface area contributed by atoms with Gasteiger partial charge in [-0.05, 0) is 59.7 Å². The first-order valence-electron chi connectivity index (χ1n) is 19.0. The Hall–Kier alpha value is -7.83. The lowest BCUT2D eigenvalue weighted by Crippen LogP contribution is -2.00. The first kappa shape index (κ1) is 31.5. The molecule has 0 aliphatic carbocycles. The van der Waals surface area contributed by atoms with Crippen molar-refractivity contribution >= 4 is 65.7 Å². The lowest BCUT2D eigenvalue weighted by molar-refractivity contribution is 0.668. The van der Waals surface area contributed by atoms with Crippen molar-refractivity contribution in [3.05, 3.63) is 182 Å². The number of aromatic nitrogens is 4. The minimum absolute atomic E-state index is 0.580. The molecule has 0 amide bonds. The van der Waals surface area contributed by atoms with E-state index in [1.54, 1.807) is 0 Å². The van der Waals surface area contributed by atoms with Crippen molar-refractivity contribution in [3.63, 3.8) is 0 Å². The third kappa shape index (κ3) is 4.87. The van der Waals surface area contributed by atoms with Gasteiger partial charge < -0.3 is 13.4 Å². The first-order chi connectivity index (χ1) is 28.3. The number of para-hydroxylation sites is 2. The standard InChI is InChI=1S/C51H30N4O2/c1-3-14-31(15-4-1)49-52-50(32-16-5-2-6-17-32)54-51(53-49)38-21-12-26-44-48(38)47-34(20-11-25-43(47)56-44)33-28-29-37-45(30-33)57-42-27-13-24-41(46(37)42)55-39-22-9-7-18-35(39)36-19-8-10-23-40(36)55/h1-30H. The monoisotopic (exact) mass is 730 g/mol. The van der Waals surface area contributed by atoms with Crippen LogP contribution in [0.3, 0.4) is 0 Å². The fourth-order valence-electron chi connectivity index (χ4n) is 8.57. The average Bonchev–Trinajstić information content (AvgIpc) is 3.96. The van der Waals surface area contributed by atoms with Gasteiger partial charge in [0.25, 0.3) is 0 Å². The van der Waals surface area contributed by atoms with Gasteiger partial charge in [-0.2, -0.15) is 0 Å². The van der Waals surface area contributed by atoms with E-state index in [1.165, 1.54) is 10.8 Å². The number of hydrogen-bond acceptors (Lipinski definition) is 5. The molecular weight excluding hydrogens is 701 g/mol. The number of benzene rings is 8. The molecule has 0 atom stereocenters. The molecule has 0 aliphatic heterocycles. The summed E-state index contributed by atoms with van der Waals surface area (Å²) in [5, 5.41) is 6.54.